The number of aliphatic hydroxyl groups is 4. The van der Waals surface area contributed by atoms with E-state index in [0.29, 0.717) is 86.2 Å². The third-order valence-electron chi connectivity index (χ3n) is 18.7. The van der Waals surface area contributed by atoms with Crippen molar-refractivity contribution in [2.24, 2.45) is 87.8 Å². The first kappa shape index (κ1) is 108. The second-order valence-electron chi connectivity index (χ2n) is 25.5. The van der Waals surface area contributed by atoms with E-state index in [4.69, 9.17) is 91.9 Å². The summed E-state index contributed by atoms with van der Waals surface area (Å²) in [6.45, 7) is 34.1. The molecule has 6 rings (SSSR count). The van der Waals surface area contributed by atoms with Crippen LogP contribution in [0.3, 0.4) is 0 Å². The van der Waals surface area contributed by atoms with Gasteiger partial charge in [-0.05, 0) is 101 Å². The van der Waals surface area contributed by atoms with E-state index in [1.165, 1.54) is 39.5 Å². The Morgan fingerprint density at radius 2 is 0.881 bits per heavy atom. The second-order valence-corrected chi connectivity index (χ2v) is 26.5. The minimum Gasteiger partial charge on any atom is -0.481 e. The van der Waals surface area contributed by atoms with Gasteiger partial charge in [0, 0.05) is 77.6 Å². The predicted octanol–water partition coefficient (Wildman–Crippen LogP) is 7.34. The number of esters is 6. The van der Waals surface area contributed by atoms with Gasteiger partial charge in [-0.1, -0.05) is 129 Å². The van der Waals surface area contributed by atoms with Gasteiger partial charge in [-0.2, -0.15) is 0 Å². The summed E-state index contributed by atoms with van der Waals surface area (Å²) < 4.78 is 51.9. The maximum atomic E-state index is 12.0. The predicted molar refractivity (Wildman–Crippen MR) is 372 cm³/mol. The van der Waals surface area contributed by atoms with Gasteiger partial charge in [0.2, 0.25) is 5.24 Å². The van der Waals surface area contributed by atoms with E-state index >= 15 is 0 Å². The maximum absolute atomic E-state index is 12.0. The smallest absolute Gasteiger partial charge is 0.481 e. The number of ether oxygens (including phenoxy) is 10. The van der Waals surface area contributed by atoms with E-state index in [9.17, 15) is 53.4 Å². The normalized spacial score (nSPS) is 33.3. The first-order valence-electron chi connectivity index (χ1n) is 32.6. The molecule has 584 valence electrons. The van der Waals surface area contributed by atoms with Gasteiger partial charge in [0.05, 0.1) is 43.2 Å². The molecule has 6 saturated heterocycles. The number of Topliss-reactive ketones (excluding diaryl/α,β-unsaturated/α-hetero) is 1. The van der Waals surface area contributed by atoms with Crippen molar-refractivity contribution < 1.29 is 146 Å². The van der Waals surface area contributed by atoms with Crippen LogP contribution in [0.15, 0.2) is 5.11 Å². The number of aliphatic hydroxyl groups excluding tert-OH is 4. The standard InChI is InChI=1S/C17H28O6.C11H19ClO3.C11H19N3O3.C11H21NO3.C7H14O5.C5H6O3.C2H3ClO.3CH4.N3.Na/c1-10-11(2)15(8-14(19)6-5-7-17(20)21)23-16(12(10)3)9-22-13(4)18;1-6-7(2)10(5-14-9(4)13)15-11(12)8(6)3;1-6-7(2)10(5-16-9(4)15)17-11(8(6)3)13-14-12;1-6-7(2)10(5-14-9(4)13)15-11(12)8(6)3;1-3-5(9)6(10)4(2-8)12-7(3)11;6-4-2-1-3-5(7)8-4;1-2(3)4;;;;1-3-2;/h10-12,15-16H,5-9H2,1-4H3,(H,20,21);6-8,10-11H,5H2,1-4H3;6-8,10-11H,5H2,1-4H3;6-8,10-11H,5,12H2,1-4H3;3-11H,2H2,1H3;1-3H2;1H3;3*1H4;;/q;;;;;;;;;;-1;+1. The number of hydrogen-bond donors (Lipinski definition) is 6. The van der Waals surface area contributed by atoms with Crippen molar-refractivity contribution in [1.82, 2.24) is 0 Å². The summed E-state index contributed by atoms with van der Waals surface area (Å²) in [5.41, 5.74) is 27.6. The molecule has 0 amide bonds. The van der Waals surface area contributed by atoms with Crippen LogP contribution in [0.5, 0.6) is 0 Å². The number of azide groups is 1. The Bertz CT molecular complexity index is 2440. The molecule has 101 heavy (non-hydrogen) atoms. The number of cyclic esters (lactones) is 2. The van der Waals surface area contributed by atoms with Crippen LogP contribution in [0.1, 0.15) is 192 Å². The van der Waals surface area contributed by atoms with Crippen molar-refractivity contribution in [1.29, 1.82) is 0 Å². The number of nitrogens with zero attached hydrogens (tertiary/aromatic N) is 6. The number of hydrogen-bond acceptors (Lipinski definition) is 25. The molecule has 6 aliphatic rings. The van der Waals surface area contributed by atoms with E-state index < -0.39 is 49.3 Å². The van der Waals surface area contributed by atoms with Gasteiger partial charge >= 0.3 is 71.3 Å². The third kappa shape index (κ3) is 42.4. The minimum absolute atomic E-state index is 0. The molecule has 25 unspecified atom stereocenters. The van der Waals surface area contributed by atoms with E-state index in [0.717, 1.165) is 0 Å². The Balaban J connectivity index is -0.000000266. The van der Waals surface area contributed by atoms with Crippen LogP contribution in [0.4, 0.5) is 0 Å². The summed E-state index contributed by atoms with van der Waals surface area (Å²) in [6, 6.07) is 0. The largest absolute Gasteiger partial charge is 1.00 e. The number of carboxylic acid groups (broad SMARTS) is 1. The fourth-order valence-corrected chi connectivity index (χ4v) is 11.1. The van der Waals surface area contributed by atoms with Crippen LogP contribution in [0, 0.1) is 76.9 Å². The van der Waals surface area contributed by atoms with Crippen LogP contribution in [0.25, 0.3) is 26.4 Å². The molecule has 0 bridgehead atoms. The zero-order valence-electron chi connectivity index (χ0n) is 60.4. The van der Waals surface area contributed by atoms with Gasteiger partial charge in [-0.25, -0.2) is 0 Å². The molecule has 0 aromatic heterocycles. The number of alkyl halides is 1. The van der Waals surface area contributed by atoms with Gasteiger partial charge in [0.15, 0.2) is 6.29 Å². The molecule has 0 aromatic rings. The molecule has 31 nitrogen and oxygen atoms in total. The Kier molecular flexibility index (Phi) is 60.7. The van der Waals surface area contributed by atoms with Crippen LogP contribution in [-0.2, 0) is 90.5 Å². The van der Waals surface area contributed by atoms with Crippen LogP contribution < -0.4 is 35.3 Å². The number of aliphatic carboxylic acids is 1. The molecule has 7 N–H and O–H groups in total. The van der Waals surface area contributed by atoms with Crippen molar-refractivity contribution in [3.8, 4) is 0 Å². The molecule has 0 saturated carbocycles. The summed E-state index contributed by atoms with van der Waals surface area (Å²) >= 11 is 10.7. The Morgan fingerprint density at radius 1 is 0.525 bits per heavy atom. The number of nitrogens with two attached hydrogens (primary N) is 1. The number of carbonyl (C=O) groups excluding carboxylic acids is 8. The van der Waals surface area contributed by atoms with E-state index in [2.05, 4.69) is 103 Å². The van der Waals surface area contributed by atoms with Crippen molar-refractivity contribution in [2.75, 3.05) is 33.0 Å². The van der Waals surface area contributed by atoms with Crippen molar-refractivity contribution in [3.63, 3.8) is 0 Å². The second kappa shape index (κ2) is 56.9. The fraction of sp³-hybridized carbons (Fsp3) is 0.866. The first-order valence-corrected chi connectivity index (χ1v) is 33.4. The zero-order chi connectivity index (χ0) is 75.3. The average molecular weight is 1500 g/mol. The maximum Gasteiger partial charge on any atom is 1.00 e. The zero-order valence-corrected chi connectivity index (χ0v) is 63.9. The topological polar surface area (TPSA) is 481 Å². The molecule has 6 aliphatic heterocycles. The van der Waals surface area contributed by atoms with Crippen LogP contribution in [-0.4, -0.2) is 185 Å². The molecule has 0 radical (unpaired) electrons. The minimum atomic E-state index is -1.13. The Labute approximate surface area is 630 Å². The summed E-state index contributed by atoms with van der Waals surface area (Å²) in [5.74, 6) is 0.531. The number of carbonyl (C=O) groups is 9. The molecule has 25 atom stereocenters. The van der Waals surface area contributed by atoms with Gasteiger partial charge in [0.25, 0.3) is 0 Å². The average Bonchev–Trinajstić information content (AvgIpc) is 0.816. The number of carboxylic acids is 1. The van der Waals surface area contributed by atoms with Crippen molar-refractivity contribution in [2.45, 2.75) is 265 Å². The molecule has 0 aromatic carbocycles. The monoisotopic (exact) mass is 1500 g/mol. The molecule has 6 heterocycles. The van der Waals surface area contributed by atoms with Crippen molar-refractivity contribution >= 4 is 76.0 Å². The van der Waals surface area contributed by atoms with E-state index in [1.807, 2.05) is 6.92 Å². The summed E-state index contributed by atoms with van der Waals surface area (Å²) in [5, 5.41) is 48.3. The number of halogens is 2. The summed E-state index contributed by atoms with van der Waals surface area (Å²) in [4.78, 5) is 99.7. The number of rotatable bonds is 16. The molecular weight excluding hydrogens is 1380 g/mol. The fourth-order valence-electron chi connectivity index (χ4n) is 10.8. The molecular formula is C67H122Cl2N7NaO24. The molecule has 34 heteroatoms. The van der Waals surface area contributed by atoms with Gasteiger partial charge < -0.3 is 89.7 Å². The molecule has 0 spiro atoms. The first-order chi connectivity index (χ1) is 45.1. The van der Waals surface area contributed by atoms with E-state index in [-0.39, 0.29) is 197 Å². The van der Waals surface area contributed by atoms with E-state index in [1.54, 1.807) is 6.92 Å². The van der Waals surface area contributed by atoms with Crippen molar-refractivity contribution in [3.05, 3.63) is 26.4 Å². The van der Waals surface area contributed by atoms with Gasteiger partial charge in [-0.15, -0.1) is 0 Å². The number of ketones is 1. The molecule has 6 fully saturated rings. The summed E-state index contributed by atoms with van der Waals surface area (Å²) in [6.07, 6.45) is -3.36. The van der Waals surface area contributed by atoms with Gasteiger partial charge in [0.1, 0.15) is 62.4 Å². The third-order valence-corrected chi connectivity index (χ3v) is 19.2. The quantitative estimate of drug-likeness (QED) is 0.0101. The molecule has 0 aliphatic carbocycles. The Hall–Kier alpha value is -4.37. The van der Waals surface area contributed by atoms with Crippen LogP contribution in [0.2, 0.25) is 0 Å². The van der Waals surface area contributed by atoms with Gasteiger partial charge in [-0.3, -0.25) is 48.1 Å². The Morgan fingerprint density at radius 3 is 1.25 bits per heavy atom. The summed E-state index contributed by atoms with van der Waals surface area (Å²) in [7, 11) is 0. The SMILES string of the molecule is C.C.C.CC(=O)Cl.CC(=O)OCC1OC(CC(=O)CCCC(=O)O)C(C)C(C)C1C.CC(=O)OCC1OC(Cl)C(C)C(C)C1C.CC(=O)OCC1OC(N)C(C)C(C)C1C.CC(=O)OCC1OC(N=[N+]=[N-])C(C)C(C)C1C.CC1C(O)OC(CO)C(O)C1O.O=C1CCCC(=O)O1.[N-]=[N+]=[N-].[Na+]. The van der Waals surface area contributed by atoms with Crippen LogP contribution >= 0.6 is 23.2 Å².